The number of rotatable bonds is 9. The van der Waals surface area contributed by atoms with E-state index in [1.807, 2.05) is 6.07 Å². The Labute approximate surface area is 209 Å². The van der Waals surface area contributed by atoms with Crippen molar-refractivity contribution in [1.29, 1.82) is 0 Å². The Hall–Kier alpha value is -4.15. The number of anilines is 2. The molecule has 0 aliphatic rings. The van der Waals surface area contributed by atoms with Gasteiger partial charge in [-0.2, -0.15) is 0 Å². The van der Waals surface area contributed by atoms with Crippen LogP contribution in [0.4, 0.5) is 10.8 Å². The van der Waals surface area contributed by atoms with E-state index in [4.69, 9.17) is 4.42 Å². The fraction of sp³-hybridized carbons (Fsp3) is 0.0400. The van der Waals surface area contributed by atoms with E-state index in [1.165, 1.54) is 35.4 Å². The minimum Gasteiger partial charge on any atom is -0.465 e. The van der Waals surface area contributed by atoms with Gasteiger partial charge in [0.1, 0.15) is 11.5 Å². The molecule has 4 rings (SSSR count). The lowest BCUT2D eigenvalue weighted by Gasteiger charge is -2.11. The summed E-state index contributed by atoms with van der Waals surface area (Å²) >= 11 is 2.67. The summed E-state index contributed by atoms with van der Waals surface area (Å²) in [5.74, 6) is -0.512. The van der Waals surface area contributed by atoms with Gasteiger partial charge in [0.15, 0.2) is 5.13 Å². The second kappa shape index (κ2) is 11.8. The molecule has 3 N–H and O–H groups in total. The third-order valence-electron chi connectivity index (χ3n) is 4.50. The predicted molar refractivity (Wildman–Crippen MR) is 137 cm³/mol. The third-order valence-corrected chi connectivity index (χ3v) is 6.18. The smallest absolute Gasteiger partial charge is 0.272 e. The van der Waals surface area contributed by atoms with Crippen LogP contribution in [0.3, 0.4) is 0 Å². The molecule has 0 atom stereocenters. The van der Waals surface area contributed by atoms with Gasteiger partial charge in [-0.05, 0) is 42.5 Å². The van der Waals surface area contributed by atoms with E-state index in [1.54, 1.807) is 72.2 Å². The summed E-state index contributed by atoms with van der Waals surface area (Å²) in [6.07, 6.45) is 4.56. The van der Waals surface area contributed by atoms with Crippen LogP contribution < -0.4 is 16.0 Å². The zero-order chi connectivity index (χ0) is 24.5. The SMILES string of the molecule is O=C(CSc1cccc(NC(=O)/C(=C/c2ccco2)NC(=O)c2ccccc2)c1)Nc1nccs1. The normalized spacial score (nSPS) is 11.0. The lowest BCUT2D eigenvalue weighted by atomic mass is 10.2. The molecule has 35 heavy (non-hydrogen) atoms. The zero-order valence-corrected chi connectivity index (χ0v) is 19.9. The largest absolute Gasteiger partial charge is 0.465 e. The molecule has 0 aliphatic carbocycles. The number of thioether (sulfide) groups is 1. The standard InChI is InChI=1S/C25H20N4O4S2/c30-22(29-25-26-11-13-34-25)16-35-20-10-4-8-18(14-20)27-24(32)21(15-19-9-5-12-33-19)28-23(31)17-6-2-1-3-7-17/h1-15H,16H2,(H,27,32)(H,28,31)(H,26,29,30)/b21-15-. The van der Waals surface area contributed by atoms with Crippen LogP contribution in [-0.2, 0) is 9.59 Å². The van der Waals surface area contributed by atoms with Gasteiger partial charge in [-0.25, -0.2) is 4.98 Å². The average molecular weight is 505 g/mol. The second-order valence-electron chi connectivity index (χ2n) is 7.05. The molecule has 0 saturated carbocycles. The number of hydrogen-bond donors (Lipinski definition) is 3. The van der Waals surface area contributed by atoms with E-state index in [-0.39, 0.29) is 17.4 Å². The van der Waals surface area contributed by atoms with Crippen molar-refractivity contribution in [2.45, 2.75) is 4.90 Å². The Balaban J connectivity index is 1.42. The van der Waals surface area contributed by atoms with Gasteiger partial charge in [-0.15, -0.1) is 23.1 Å². The lowest BCUT2D eigenvalue weighted by Crippen LogP contribution is -2.30. The van der Waals surface area contributed by atoms with E-state index in [0.717, 1.165) is 4.90 Å². The molecule has 0 bridgehead atoms. The predicted octanol–water partition coefficient (Wildman–Crippen LogP) is 4.88. The maximum absolute atomic E-state index is 13.0. The molecule has 8 nitrogen and oxygen atoms in total. The average Bonchev–Trinajstić information content (AvgIpc) is 3.58. The summed E-state index contributed by atoms with van der Waals surface area (Å²) in [5.41, 5.74) is 0.953. The second-order valence-corrected chi connectivity index (χ2v) is 8.99. The quantitative estimate of drug-likeness (QED) is 0.221. The van der Waals surface area contributed by atoms with E-state index < -0.39 is 11.8 Å². The van der Waals surface area contributed by atoms with E-state index in [2.05, 4.69) is 20.9 Å². The Morgan fingerprint density at radius 3 is 2.60 bits per heavy atom. The Bertz CT molecular complexity index is 1320. The van der Waals surface area contributed by atoms with Crippen molar-refractivity contribution in [1.82, 2.24) is 10.3 Å². The van der Waals surface area contributed by atoms with Crippen LogP contribution in [0, 0.1) is 0 Å². The van der Waals surface area contributed by atoms with Crippen LogP contribution in [0.15, 0.2) is 99.6 Å². The van der Waals surface area contributed by atoms with Crippen LogP contribution >= 0.6 is 23.1 Å². The maximum Gasteiger partial charge on any atom is 0.272 e. The van der Waals surface area contributed by atoms with Crippen molar-refractivity contribution in [2.24, 2.45) is 0 Å². The first-order valence-electron chi connectivity index (χ1n) is 10.4. The fourth-order valence-corrected chi connectivity index (χ4v) is 4.21. The van der Waals surface area contributed by atoms with Crippen molar-refractivity contribution in [3.8, 4) is 0 Å². The minimum atomic E-state index is -0.519. The summed E-state index contributed by atoms with van der Waals surface area (Å²) in [5, 5.41) is 10.5. The fourth-order valence-electron chi connectivity index (χ4n) is 2.91. The Morgan fingerprint density at radius 2 is 1.86 bits per heavy atom. The first-order valence-corrected chi connectivity index (χ1v) is 12.3. The molecule has 0 aliphatic heterocycles. The Morgan fingerprint density at radius 1 is 1.00 bits per heavy atom. The highest BCUT2D eigenvalue weighted by atomic mass is 32.2. The van der Waals surface area contributed by atoms with Gasteiger partial charge < -0.3 is 20.4 Å². The van der Waals surface area contributed by atoms with Gasteiger partial charge >= 0.3 is 0 Å². The topological polar surface area (TPSA) is 113 Å². The summed E-state index contributed by atoms with van der Waals surface area (Å²) < 4.78 is 5.31. The number of benzene rings is 2. The van der Waals surface area contributed by atoms with Gasteiger partial charge in [0.05, 0.1) is 12.0 Å². The molecular formula is C25H20N4O4S2. The van der Waals surface area contributed by atoms with Crippen molar-refractivity contribution in [2.75, 3.05) is 16.4 Å². The molecule has 10 heteroatoms. The molecule has 2 aromatic carbocycles. The molecule has 0 saturated heterocycles. The Kier molecular flexibility index (Phi) is 8.10. The highest BCUT2D eigenvalue weighted by Gasteiger charge is 2.16. The van der Waals surface area contributed by atoms with Crippen molar-refractivity contribution in [3.05, 3.63) is 102 Å². The van der Waals surface area contributed by atoms with Gasteiger partial charge in [0, 0.05) is 33.8 Å². The van der Waals surface area contributed by atoms with Crippen LogP contribution in [0.2, 0.25) is 0 Å². The number of furan rings is 1. The molecule has 0 spiro atoms. The molecule has 2 heterocycles. The van der Waals surface area contributed by atoms with Crippen LogP contribution in [-0.4, -0.2) is 28.5 Å². The number of aromatic nitrogens is 1. The van der Waals surface area contributed by atoms with Crippen LogP contribution in [0.25, 0.3) is 6.08 Å². The lowest BCUT2D eigenvalue weighted by molar-refractivity contribution is -0.114. The van der Waals surface area contributed by atoms with Crippen molar-refractivity contribution in [3.63, 3.8) is 0 Å². The van der Waals surface area contributed by atoms with E-state index in [9.17, 15) is 14.4 Å². The number of amides is 3. The number of thiazole rings is 1. The highest BCUT2D eigenvalue weighted by Crippen LogP contribution is 2.23. The number of nitrogens with zero attached hydrogens (tertiary/aromatic N) is 1. The summed E-state index contributed by atoms with van der Waals surface area (Å²) in [4.78, 5) is 42.6. The summed E-state index contributed by atoms with van der Waals surface area (Å²) in [6, 6.07) is 19.0. The zero-order valence-electron chi connectivity index (χ0n) is 18.3. The third kappa shape index (κ3) is 7.16. The molecule has 0 unspecified atom stereocenters. The number of hydrogen-bond acceptors (Lipinski definition) is 7. The van der Waals surface area contributed by atoms with Crippen molar-refractivity contribution < 1.29 is 18.8 Å². The van der Waals surface area contributed by atoms with Gasteiger partial charge in [0.25, 0.3) is 11.8 Å². The molecule has 4 aromatic rings. The number of nitrogens with one attached hydrogen (secondary N) is 3. The molecule has 3 amide bonds. The number of carbonyl (C=O) groups excluding carboxylic acids is 3. The van der Waals surface area contributed by atoms with E-state index >= 15 is 0 Å². The number of carbonyl (C=O) groups is 3. The molecular weight excluding hydrogens is 484 g/mol. The van der Waals surface area contributed by atoms with Gasteiger partial charge in [-0.3, -0.25) is 14.4 Å². The molecule has 0 radical (unpaired) electrons. The van der Waals surface area contributed by atoms with Crippen LogP contribution in [0.5, 0.6) is 0 Å². The first kappa shape index (κ1) is 24.0. The molecule has 0 fully saturated rings. The van der Waals surface area contributed by atoms with Crippen LogP contribution in [0.1, 0.15) is 16.1 Å². The first-order chi connectivity index (χ1) is 17.1. The van der Waals surface area contributed by atoms with Gasteiger partial charge in [-0.1, -0.05) is 24.3 Å². The van der Waals surface area contributed by atoms with Gasteiger partial charge in [0.2, 0.25) is 5.91 Å². The molecule has 176 valence electrons. The summed E-state index contributed by atoms with van der Waals surface area (Å²) in [6.45, 7) is 0. The highest BCUT2D eigenvalue weighted by molar-refractivity contribution is 8.00. The van der Waals surface area contributed by atoms with E-state index in [0.29, 0.717) is 22.1 Å². The summed E-state index contributed by atoms with van der Waals surface area (Å²) in [7, 11) is 0. The monoisotopic (exact) mass is 504 g/mol. The molecule has 2 aromatic heterocycles. The minimum absolute atomic E-state index is 0.0229. The van der Waals surface area contributed by atoms with Crippen molar-refractivity contribution >= 4 is 57.7 Å². The maximum atomic E-state index is 13.0.